The molecule has 2 aromatic rings. The topological polar surface area (TPSA) is 82.2 Å². The van der Waals surface area contributed by atoms with Crippen molar-refractivity contribution in [3.05, 3.63) is 29.9 Å². The molecule has 0 saturated heterocycles. The molecule has 7 nitrogen and oxygen atoms in total. The summed E-state index contributed by atoms with van der Waals surface area (Å²) >= 11 is 0. The number of aryl methyl sites for hydroxylation is 1. The third kappa shape index (κ3) is 3.57. The van der Waals surface area contributed by atoms with E-state index in [1.807, 2.05) is 19.3 Å². The quantitative estimate of drug-likeness (QED) is 0.790. The molecule has 0 atom stereocenters. The molecule has 0 saturated carbocycles. The molecule has 2 aromatic heterocycles. The van der Waals surface area contributed by atoms with Crippen molar-refractivity contribution >= 4 is 12.0 Å². The molecule has 0 bridgehead atoms. The highest BCUT2D eigenvalue weighted by Crippen LogP contribution is 2.08. The first-order valence-corrected chi connectivity index (χ1v) is 6.04. The van der Waals surface area contributed by atoms with E-state index in [0.29, 0.717) is 19.2 Å². The number of esters is 1. The second-order valence-electron chi connectivity index (χ2n) is 3.92. The van der Waals surface area contributed by atoms with E-state index < -0.39 is 5.97 Å². The van der Waals surface area contributed by atoms with Crippen molar-refractivity contribution in [2.24, 2.45) is 7.05 Å². The van der Waals surface area contributed by atoms with Gasteiger partial charge in [0.2, 0.25) is 0 Å². The fourth-order valence-corrected chi connectivity index (χ4v) is 1.55. The highest BCUT2D eigenvalue weighted by atomic mass is 16.5. The molecule has 0 unspecified atom stereocenters. The number of oxazole rings is 1. The molecule has 0 radical (unpaired) electrons. The molecular weight excluding hydrogens is 248 g/mol. The Labute approximate surface area is 110 Å². The summed E-state index contributed by atoms with van der Waals surface area (Å²) in [5.41, 5.74) is 1.15. The van der Waals surface area contributed by atoms with Crippen LogP contribution < -0.4 is 5.32 Å². The molecule has 0 fully saturated rings. The second kappa shape index (κ2) is 6.03. The molecule has 102 valence electrons. The Balaban J connectivity index is 1.81. The molecule has 2 rings (SSSR count). The van der Waals surface area contributed by atoms with Gasteiger partial charge < -0.3 is 14.5 Å². The summed E-state index contributed by atoms with van der Waals surface area (Å²) in [6.45, 7) is 2.68. The van der Waals surface area contributed by atoms with Crippen LogP contribution in [0.3, 0.4) is 0 Å². The molecule has 0 aliphatic heterocycles. The predicted octanol–water partition coefficient (Wildman–Crippen LogP) is 1.24. The van der Waals surface area contributed by atoms with E-state index in [2.05, 4.69) is 15.4 Å². The third-order valence-corrected chi connectivity index (χ3v) is 2.41. The molecule has 0 aromatic carbocycles. The van der Waals surface area contributed by atoms with Crippen LogP contribution in [0.25, 0.3) is 0 Å². The maximum atomic E-state index is 11.4. The zero-order valence-electron chi connectivity index (χ0n) is 10.9. The van der Waals surface area contributed by atoms with Gasteiger partial charge in [-0.15, -0.1) is 0 Å². The van der Waals surface area contributed by atoms with Crippen molar-refractivity contribution in [2.75, 3.05) is 18.5 Å². The van der Waals surface area contributed by atoms with Gasteiger partial charge in [0, 0.05) is 26.2 Å². The van der Waals surface area contributed by atoms with Crippen LogP contribution in [0.4, 0.5) is 6.01 Å². The van der Waals surface area contributed by atoms with E-state index >= 15 is 0 Å². The van der Waals surface area contributed by atoms with E-state index in [4.69, 9.17) is 9.15 Å². The number of ether oxygens (including phenoxy) is 1. The molecule has 2 heterocycles. The van der Waals surface area contributed by atoms with Crippen LogP contribution in [0.2, 0.25) is 0 Å². The number of carbonyl (C=O) groups is 1. The summed E-state index contributed by atoms with van der Waals surface area (Å²) in [5, 5.41) is 7.24. The number of carbonyl (C=O) groups excluding carboxylic acids is 1. The summed E-state index contributed by atoms with van der Waals surface area (Å²) in [5.74, 6) is -0.482. The first-order chi connectivity index (χ1) is 9.19. The van der Waals surface area contributed by atoms with Gasteiger partial charge in [-0.25, -0.2) is 4.79 Å². The Kier molecular flexibility index (Phi) is 4.17. The average molecular weight is 264 g/mol. The molecule has 7 heteroatoms. The van der Waals surface area contributed by atoms with Crippen LogP contribution in [0, 0.1) is 0 Å². The van der Waals surface area contributed by atoms with Gasteiger partial charge in [0.05, 0.1) is 12.3 Å². The number of aromatic nitrogens is 3. The van der Waals surface area contributed by atoms with Gasteiger partial charge in [0.15, 0.2) is 5.69 Å². The number of nitrogens with one attached hydrogen (secondary N) is 1. The van der Waals surface area contributed by atoms with E-state index in [0.717, 1.165) is 12.1 Å². The van der Waals surface area contributed by atoms with Crippen molar-refractivity contribution in [1.29, 1.82) is 0 Å². The number of hydrogen-bond donors (Lipinski definition) is 1. The Hall–Kier alpha value is -2.31. The van der Waals surface area contributed by atoms with Crippen molar-refractivity contribution < 1.29 is 13.9 Å². The van der Waals surface area contributed by atoms with Crippen LogP contribution in [0.5, 0.6) is 0 Å². The second-order valence-corrected chi connectivity index (χ2v) is 3.92. The van der Waals surface area contributed by atoms with Gasteiger partial charge >= 0.3 is 5.97 Å². The number of rotatable bonds is 6. The van der Waals surface area contributed by atoms with Crippen molar-refractivity contribution in [3.63, 3.8) is 0 Å². The third-order valence-electron chi connectivity index (χ3n) is 2.41. The highest BCUT2D eigenvalue weighted by Gasteiger charge is 2.12. The normalized spacial score (nSPS) is 10.4. The summed E-state index contributed by atoms with van der Waals surface area (Å²) in [7, 11) is 1.87. The van der Waals surface area contributed by atoms with E-state index in [9.17, 15) is 4.79 Å². The summed E-state index contributed by atoms with van der Waals surface area (Å²) < 4.78 is 11.7. The average Bonchev–Trinajstić information content (AvgIpc) is 2.99. The van der Waals surface area contributed by atoms with Crippen LogP contribution in [0.1, 0.15) is 23.1 Å². The Morgan fingerprint density at radius 3 is 3.11 bits per heavy atom. The summed E-state index contributed by atoms with van der Waals surface area (Å²) in [6.07, 6.45) is 3.92. The number of anilines is 1. The Morgan fingerprint density at radius 2 is 2.42 bits per heavy atom. The lowest BCUT2D eigenvalue weighted by molar-refractivity contribution is 0.0519. The van der Waals surface area contributed by atoms with Crippen molar-refractivity contribution in [2.45, 2.75) is 13.3 Å². The minimum Gasteiger partial charge on any atom is -0.461 e. The van der Waals surface area contributed by atoms with Crippen molar-refractivity contribution in [3.8, 4) is 0 Å². The number of hydrogen-bond acceptors (Lipinski definition) is 6. The van der Waals surface area contributed by atoms with Gasteiger partial charge in [-0.3, -0.25) is 4.68 Å². The first kappa shape index (κ1) is 13.1. The lowest BCUT2D eigenvalue weighted by Crippen LogP contribution is -2.08. The zero-order chi connectivity index (χ0) is 13.7. The van der Waals surface area contributed by atoms with Crippen LogP contribution in [0.15, 0.2) is 22.9 Å². The minimum absolute atomic E-state index is 0.169. The van der Waals surface area contributed by atoms with Gasteiger partial charge in [-0.2, -0.15) is 10.1 Å². The predicted molar refractivity (Wildman–Crippen MR) is 67.9 cm³/mol. The molecule has 0 spiro atoms. The van der Waals surface area contributed by atoms with Gasteiger partial charge in [0.25, 0.3) is 6.01 Å². The molecule has 0 aliphatic carbocycles. The monoisotopic (exact) mass is 264 g/mol. The fourth-order valence-electron chi connectivity index (χ4n) is 1.55. The largest absolute Gasteiger partial charge is 0.461 e. The maximum Gasteiger partial charge on any atom is 0.360 e. The molecule has 0 amide bonds. The van der Waals surface area contributed by atoms with Crippen LogP contribution >= 0.6 is 0 Å². The smallest absolute Gasteiger partial charge is 0.360 e. The first-order valence-electron chi connectivity index (χ1n) is 6.04. The molecular formula is C12H16N4O3. The summed E-state index contributed by atoms with van der Waals surface area (Å²) in [6, 6.07) is 2.25. The fraction of sp³-hybridized carbons (Fsp3) is 0.417. The van der Waals surface area contributed by atoms with Crippen LogP contribution in [-0.2, 0) is 18.2 Å². The lowest BCUT2D eigenvalue weighted by atomic mass is 10.3. The Bertz CT molecular complexity index is 547. The number of nitrogens with zero attached hydrogens (tertiary/aromatic N) is 3. The van der Waals surface area contributed by atoms with E-state index in [-0.39, 0.29) is 5.69 Å². The van der Waals surface area contributed by atoms with Crippen molar-refractivity contribution in [1.82, 2.24) is 14.8 Å². The van der Waals surface area contributed by atoms with Gasteiger partial charge in [0.1, 0.15) is 6.26 Å². The van der Waals surface area contributed by atoms with E-state index in [1.54, 1.807) is 11.6 Å². The van der Waals surface area contributed by atoms with Gasteiger partial charge in [-0.05, 0) is 13.0 Å². The van der Waals surface area contributed by atoms with Gasteiger partial charge in [-0.1, -0.05) is 0 Å². The lowest BCUT2D eigenvalue weighted by Gasteiger charge is -1.99. The molecule has 1 N–H and O–H groups in total. The maximum absolute atomic E-state index is 11.4. The summed E-state index contributed by atoms with van der Waals surface area (Å²) in [4.78, 5) is 15.4. The Morgan fingerprint density at radius 1 is 1.58 bits per heavy atom. The van der Waals surface area contributed by atoms with Crippen LogP contribution in [-0.4, -0.2) is 33.9 Å². The minimum atomic E-state index is -0.482. The van der Waals surface area contributed by atoms with E-state index in [1.165, 1.54) is 6.26 Å². The molecule has 0 aliphatic rings. The standard InChI is InChI=1S/C12H16N4O3/c1-3-18-11(17)10-8-19-12(14-10)13-6-4-9-5-7-16(2)15-9/h5,7-8H,3-4,6H2,1-2H3,(H,13,14). The molecule has 19 heavy (non-hydrogen) atoms. The zero-order valence-corrected chi connectivity index (χ0v) is 10.9. The SMILES string of the molecule is CCOC(=O)c1coc(NCCc2ccn(C)n2)n1. The highest BCUT2D eigenvalue weighted by molar-refractivity contribution is 5.87.